The molecule has 0 fully saturated rings. The Morgan fingerprint density at radius 2 is 1.83 bits per heavy atom. The van der Waals surface area contributed by atoms with Crippen LogP contribution in [0.5, 0.6) is 0 Å². The van der Waals surface area contributed by atoms with Gasteiger partial charge in [0.2, 0.25) is 0 Å². The first-order valence-corrected chi connectivity index (χ1v) is 8.59. The Morgan fingerprint density at radius 3 is 2.50 bits per heavy atom. The van der Waals surface area contributed by atoms with Crippen LogP contribution < -0.4 is 0 Å². The number of rotatable bonds is 9. The van der Waals surface area contributed by atoms with Gasteiger partial charge in [-0.15, -0.1) is 0 Å². The number of halogens is 2. The first-order valence-electron chi connectivity index (χ1n) is 7.09. The van der Waals surface area contributed by atoms with Crippen molar-refractivity contribution < 1.29 is 0 Å². The topological polar surface area (TPSA) is 0 Å². The summed E-state index contributed by atoms with van der Waals surface area (Å²) in [6.45, 7) is 2.26. The highest BCUT2D eigenvalue weighted by atomic mass is 79.9. The van der Waals surface area contributed by atoms with Crippen molar-refractivity contribution in [2.75, 3.05) is 5.33 Å². The van der Waals surface area contributed by atoms with Crippen LogP contribution in [-0.4, -0.2) is 5.33 Å². The lowest BCUT2D eigenvalue weighted by Crippen LogP contribution is -2.00. The summed E-state index contributed by atoms with van der Waals surface area (Å²) in [5, 5.41) is 1.88. The largest absolute Gasteiger partial charge is 0.0921 e. The fourth-order valence-corrected chi connectivity index (χ4v) is 3.16. The summed E-state index contributed by atoms with van der Waals surface area (Å²) in [6.07, 6.45) is 9.45. The van der Waals surface area contributed by atoms with E-state index in [2.05, 4.69) is 41.1 Å². The van der Waals surface area contributed by atoms with Crippen molar-refractivity contribution in [3.05, 3.63) is 34.9 Å². The molecule has 1 rings (SSSR count). The molecule has 1 aromatic carbocycles. The maximum absolute atomic E-state index is 6.05. The molecule has 0 aromatic heterocycles. The van der Waals surface area contributed by atoms with E-state index in [1.165, 1.54) is 50.5 Å². The molecule has 0 saturated heterocycles. The third-order valence-electron chi connectivity index (χ3n) is 3.41. The molecule has 0 radical (unpaired) electrons. The van der Waals surface area contributed by atoms with Crippen LogP contribution in [0.3, 0.4) is 0 Å². The van der Waals surface area contributed by atoms with Gasteiger partial charge in [0.1, 0.15) is 0 Å². The summed E-state index contributed by atoms with van der Waals surface area (Å²) < 4.78 is 0. The first-order chi connectivity index (χ1) is 8.77. The first kappa shape index (κ1) is 16.0. The number of hydrogen-bond acceptors (Lipinski definition) is 0. The SMILES string of the molecule is CCCCCCCCC(CBr)c1cccc(Cl)c1. The second-order valence-electron chi connectivity index (χ2n) is 4.96. The Labute approximate surface area is 125 Å². The van der Waals surface area contributed by atoms with Crippen LogP contribution >= 0.6 is 27.5 Å². The second kappa shape index (κ2) is 9.86. The van der Waals surface area contributed by atoms with Crippen LogP contribution in [0.1, 0.15) is 63.4 Å². The van der Waals surface area contributed by atoms with Gasteiger partial charge < -0.3 is 0 Å². The van der Waals surface area contributed by atoms with E-state index in [9.17, 15) is 0 Å². The lowest BCUT2D eigenvalue weighted by atomic mass is 9.94. The molecular weight excluding hydrogens is 308 g/mol. The van der Waals surface area contributed by atoms with Gasteiger partial charge >= 0.3 is 0 Å². The van der Waals surface area contributed by atoms with Gasteiger partial charge in [-0.05, 0) is 30.0 Å². The predicted molar refractivity (Wildman–Crippen MR) is 86.0 cm³/mol. The van der Waals surface area contributed by atoms with Crippen molar-refractivity contribution in [3.63, 3.8) is 0 Å². The monoisotopic (exact) mass is 330 g/mol. The third-order valence-corrected chi connectivity index (χ3v) is 4.43. The van der Waals surface area contributed by atoms with Gasteiger partial charge in [-0.2, -0.15) is 0 Å². The standard InChI is InChI=1S/C16H24BrCl/c1-2-3-4-5-6-7-9-15(13-17)14-10-8-11-16(18)12-14/h8,10-12,15H,2-7,9,13H2,1H3. The van der Waals surface area contributed by atoms with E-state index in [1.54, 1.807) is 0 Å². The van der Waals surface area contributed by atoms with Crippen LogP contribution in [0, 0.1) is 0 Å². The lowest BCUT2D eigenvalue weighted by molar-refractivity contribution is 0.561. The van der Waals surface area contributed by atoms with Gasteiger partial charge in [0.15, 0.2) is 0 Å². The minimum Gasteiger partial charge on any atom is -0.0921 e. The van der Waals surface area contributed by atoms with Gasteiger partial charge in [0.25, 0.3) is 0 Å². The molecule has 0 aliphatic rings. The Balaban J connectivity index is 2.29. The predicted octanol–water partition coefficient (Wildman–Crippen LogP) is 6.57. The zero-order valence-corrected chi connectivity index (χ0v) is 13.6. The third kappa shape index (κ3) is 6.24. The number of benzene rings is 1. The Bertz CT molecular complexity index is 325. The lowest BCUT2D eigenvalue weighted by Gasteiger charge is -2.14. The van der Waals surface area contributed by atoms with E-state index in [-0.39, 0.29) is 0 Å². The van der Waals surface area contributed by atoms with Crippen LogP contribution in [0.2, 0.25) is 5.02 Å². The summed E-state index contributed by atoms with van der Waals surface area (Å²) in [7, 11) is 0. The van der Waals surface area contributed by atoms with E-state index >= 15 is 0 Å². The number of hydrogen-bond donors (Lipinski definition) is 0. The van der Waals surface area contributed by atoms with Crippen molar-refractivity contribution in [1.82, 2.24) is 0 Å². The molecule has 2 heteroatoms. The highest BCUT2D eigenvalue weighted by Gasteiger charge is 2.09. The Kier molecular flexibility index (Phi) is 8.79. The quantitative estimate of drug-likeness (QED) is 0.354. The van der Waals surface area contributed by atoms with E-state index in [1.807, 2.05) is 6.07 Å². The highest BCUT2D eigenvalue weighted by Crippen LogP contribution is 2.26. The van der Waals surface area contributed by atoms with Crippen molar-refractivity contribution in [2.24, 2.45) is 0 Å². The van der Waals surface area contributed by atoms with Crippen molar-refractivity contribution in [2.45, 2.75) is 57.8 Å². The maximum atomic E-state index is 6.05. The van der Waals surface area contributed by atoms with Crippen LogP contribution in [0.25, 0.3) is 0 Å². The second-order valence-corrected chi connectivity index (χ2v) is 6.05. The molecule has 0 heterocycles. The van der Waals surface area contributed by atoms with Crippen LogP contribution in [0.15, 0.2) is 24.3 Å². The summed E-state index contributed by atoms with van der Waals surface area (Å²) >= 11 is 9.68. The van der Waals surface area contributed by atoms with Crippen molar-refractivity contribution >= 4 is 27.5 Å². The van der Waals surface area contributed by atoms with Gasteiger partial charge in [0.05, 0.1) is 0 Å². The molecule has 1 aromatic rings. The summed E-state index contributed by atoms with van der Waals surface area (Å²) in [4.78, 5) is 0. The van der Waals surface area contributed by atoms with Crippen LogP contribution in [-0.2, 0) is 0 Å². The molecule has 0 nitrogen and oxygen atoms in total. The average Bonchev–Trinajstić information content (AvgIpc) is 2.38. The smallest absolute Gasteiger partial charge is 0.0408 e. The molecule has 18 heavy (non-hydrogen) atoms. The van der Waals surface area contributed by atoms with Gasteiger partial charge in [0, 0.05) is 10.4 Å². The molecule has 0 saturated carbocycles. The molecule has 0 amide bonds. The Hall–Kier alpha value is -0.0100. The molecule has 0 spiro atoms. The van der Waals surface area contributed by atoms with Gasteiger partial charge in [-0.3, -0.25) is 0 Å². The average molecular weight is 332 g/mol. The molecule has 1 unspecified atom stereocenters. The maximum Gasteiger partial charge on any atom is 0.0408 e. The molecule has 1 atom stereocenters. The fourth-order valence-electron chi connectivity index (χ4n) is 2.26. The highest BCUT2D eigenvalue weighted by molar-refractivity contribution is 9.09. The number of unbranched alkanes of at least 4 members (excludes halogenated alkanes) is 5. The van der Waals surface area contributed by atoms with E-state index in [4.69, 9.17) is 11.6 Å². The zero-order chi connectivity index (χ0) is 13.2. The van der Waals surface area contributed by atoms with Crippen molar-refractivity contribution in [3.8, 4) is 0 Å². The Morgan fingerprint density at radius 1 is 1.11 bits per heavy atom. The molecule has 0 aliphatic heterocycles. The normalized spacial score (nSPS) is 12.6. The minimum atomic E-state index is 0.606. The zero-order valence-electron chi connectivity index (χ0n) is 11.3. The van der Waals surface area contributed by atoms with E-state index < -0.39 is 0 Å². The molecule has 0 N–H and O–H groups in total. The molecule has 0 bridgehead atoms. The summed E-state index contributed by atoms with van der Waals surface area (Å²) in [5.41, 5.74) is 1.37. The molecular formula is C16H24BrCl. The van der Waals surface area contributed by atoms with E-state index in [0.29, 0.717) is 5.92 Å². The summed E-state index contributed by atoms with van der Waals surface area (Å²) in [6, 6.07) is 8.29. The van der Waals surface area contributed by atoms with Gasteiger partial charge in [-0.1, -0.05) is 85.1 Å². The summed E-state index contributed by atoms with van der Waals surface area (Å²) in [5.74, 6) is 0.606. The van der Waals surface area contributed by atoms with Crippen LogP contribution in [0.4, 0.5) is 0 Å². The van der Waals surface area contributed by atoms with Crippen molar-refractivity contribution in [1.29, 1.82) is 0 Å². The van der Waals surface area contributed by atoms with Gasteiger partial charge in [-0.25, -0.2) is 0 Å². The minimum absolute atomic E-state index is 0.606. The molecule has 102 valence electrons. The van der Waals surface area contributed by atoms with E-state index in [0.717, 1.165) is 10.4 Å². The number of alkyl halides is 1. The fraction of sp³-hybridized carbons (Fsp3) is 0.625. The molecule has 0 aliphatic carbocycles.